The molecule has 1 heterocycles. The van der Waals surface area contributed by atoms with Gasteiger partial charge in [-0.3, -0.25) is 4.79 Å². The molecule has 6 nitrogen and oxygen atoms in total. The lowest BCUT2D eigenvalue weighted by Crippen LogP contribution is -2.17. The summed E-state index contributed by atoms with van der Waals surface area (Å²) in [5.41, 5.74) is 0.618. The van der Waals surface area contributed by atoms with E-state index in [4.69, 9.17) is 9.47 Å². The lowest BCUT2D eigenvalue weighted by molar-refractivity contribution is 0.0319. The topological polar surface area (TPSA) is 81.3 Å². The van der Waals surface area contributed by atoms with E-state index in [1.165, 1.54) is 0 Å². The number of para-hydroxylation sites is 2. The predicted octanol–water partition coefficient (Wildman–Crippen LogP) is 4.63. The average molecular weight is 386 g/mol. The van der Waals surface area contributed by atoms with E-state index in [2.05, 4.69) is 9.97 Å². The number of aromatic amines is 1. The summed E-state index contributed by atoms with van der Waals surface area (Å²) in [6, 6.07) is 23.0. The van der Waals surface area contributed by atoms with Crippen LogP contribution in [0.15, 0.2) is 83.7 Å². The van der Waals surface area contributed by atoms with Crippen LogP contribution in [0.5, 0.6) is 11.5 Å². The third kappa shape index (κ3) is 4.16. The van der Waals surface area contributed by atoms with Gasteiger partial charge in [0, 0.05) is 0 Å². The summed E-state index contributed by atoms with van der Waals surface area (Å²) in [6.45, 7) is 1.66. The van der Waals surface area contributed by atoms with Gasteiger partial charge in [-0.15, -0.1) is 0 Å². The molecule has 0 saturated carbocycles. The predicted molar refractivity (Wildman–Crippen MR) is 109 cm³/mol. The average Bonchev–Trinajstić information content (AvgIpc) is 2.74. The van der Waals surface area contributed by atoms with E-state index in [9.17, 15) is 9.59 Å². The fraction of sp³-hybridized carbons (Fsp3) is 0.0870. The molecular weight excluding hydrogens is 368 g/mol. The minimum Gasteiger partial charge on any atom is -0.457 e. The van der Waals surface area contributed by atoms with Gasteiger partial charge >= 0.3 is 5.97 Å². The number of nitrogens with one attached hydrogen (secondary N) is 1. The smallest absolute Gasteiger partial charge is 0.338 e. The van der Waals surface area contributed by atoms with Gasteiger partial charge in [0.25, 0.3) is 5.56 Å². The molecular formula is C23H18N2O4. The molecule has 0 unspecified atom stereocenters. The van der Waals surface area contributed by atoms with E-state index in [1.54, 1.807) is 55.5 Å². The van der Waals surface area contributed by atoms with Gasteiger partial charge in [-0.05, 0) is 49.4 Å². The summed E-state index contributed by atoms with van der Waals surface area (Å²) in [6.07, 6.45) is -0.724. The van der Waals surface area contributed by atoms with Crippen LogP contribution in [0.4, 0.5) is 0 Å². The van der Waals surface area contributed by atoms with Crippen LogP contribution in [0.1, 0.15) is 29.2 Å². The molecule has 0 radical (unpaired) electrons. The zero-order chi connectivity index (χ0) is 20.2. The summed E-state index contributed by atoms with van der Waals surface area (Å²) in [5, 5.41) is 0.487. The molecule has 1 aromatic heterocycles. The second kappa shape index (κ2) is 7.98. The number of hydrogen-bond acceptors (Lipinski definition) is 5. The Balaban J connectivity index is 1.52. The molecule has 144 valence electrons. The number of ether oxygens (including phenoxy) is 2. The molecule has 4 aromatic rings. The van der Waals surface area contributed by atoms with Gasteiger partial charge in [-0.2, -0.15) is 0 Å². The number of nitrogens with zero attached hydrogens (tertiary/aromatic N) is 1. The molecule has 4 rings (SSSR count). The first-order valence-electron chi connectivity index (χ1n) is 9.13. The monoisotopic (exact) mass is 386 g/mol. The first-order valence-corrected chi connectivity index (χ1v) is 9.13. The molecule has 29 heavy (non-hydrogen) atoms. The van der Waals surface area contributed by atoms with Crippen molar-refractivity contribution in [2.45, 2.75) is 13.0 Å². The maximum absolute atomic E-state index is 12.6. The highest BCUT2D eigenvalue weighted by molar-refractivity contribution is 5.90. The zero-order valence-electron chi connectivity index (χ0n) is 15.7. The second-order valence-electron chi connectivity index (χ2n) is 6.46. The van der Waals surface area contributed by atoms with E-state index in [-0.39, 0.29) is 5.56 Å². The summed E-state index contributed by atoms with van der Waals surface area (Å²) in [7, 11) is 0. The number of carbonyl (C=O) groups is 1. The van der Waals surface area contributed by atoms with Crippen molar-refractivity contribution < 1.29 is 14.3 Å². The Bertz CT molecular complexity index is 1220. The zero-order valence-corrected chi connectivity index (χ0v) is 15.7. The van der Waals surface area contributed by atoms with Crippen molar-refractivity contribution in [1.82, 2.24) is 9.97 Å². The molecule has 0 saturated heterocycles. The van der Waals surface area contributed by atoms with Gasteiger partial charge in [0.2, 0.25) is 0 Å². The SMILES string of the molecule is C[C@H](OC(=O)c1cccc(Oc2ccccc2)c1)c1nc2ccccc2c(=O)[nH]1. The van der Waals surface area contributed by atoms with Crippen molar-refractivity contribution in [1.29, 1.82) is 0 Å². The van der Waals surface area contributed by atoms with Crippen LogP contribution in [0.25, 0.3) is 10.9 Å². The van der Waals surface area contributed by atoms with Crippen molar-refractivity contribution in [2.24, 2.45) is 0 Å². The molecule has 0 aliphatic rings. The summed E-state index contributed by atoms with van der Waals surface area (Å²) < 4.78 is 11.3. The van der Waals surface area contributed by atoms with E-state index in [0.29, 0.717) is 33.8 Å². The maximum Gasteiger partial charge on any atom is 0.338 e. The fourth-order valence-corrected chi connectivity index (χ4v) is 2.89. The van der Waals surface area contributed by atoms with Crippen LogP contribution in [0, 0.1) is 0 Å². The number of fused-ring (bicyclic) bond motifs is 1. The van der Waals surface area contributed by atoms with Gasteiger partial charge in [0.15, 0.2) is 11.9 Å². The van der Waals surface area contributed by atoms with Crippen LogP contribution >= 0.6 is 0 Å². The molecule has 0 fully saturated rings. The quantitative estimate of drug-likeness (QED) is 0.506. The molecule has 1 N–H and O–H groups in total. The number of aromatic nitrogens is 2. The van der Waals surface area contributed by atoms with Crippen molar-refractivity contribution in [2.75, 3.05) is 0 Å². The lowest BCUT2D eigenvalue weighted by atomic mass is 10.2. The van der Waals surface area contributed by atoms with Crippen molar-refractivity contribution in [3.63, 3.8) is 0 Å². The molecule has 0 aliphatic heterocycles. The first kappa shape index (κ1) is 18.4. The number of hydrogen-bond donors (Lipinski definition) is 1. The van der Waals surface area contributed by atoms with Gasteiger partial charge in [0.05, 0.1) is 16.5 Å². The number of H-pyrrole nitrogens is 1. The Labute approximate surface area is 166 Å². The highest BCUT2D eigenvalue weighted by atomic mass is 16.5. The standard InChI is InChI=1S/C23H18N2O4/c1-15(21-24-20-13-6-5-12-19(20)22(26)25-21)28-23(27)16-8-7-11-18(14-16)29-17-9-3-2-4-10-17/h2-15H,1H3,(H,24,25,26)/t15-/m0/s1. The Morgan fingerprint density at radius 1 is 0.931 bits per heavy atom. The summed E-state index contributed by atoms with van der Waals surface area (Å²) in [5.74, 6) is 0.949. The molecule has 0 spiro atoms. The Morgan fingerprint density at radius 2 is 1.66 bits per heavy atom. The number of carbonyl (C=O) groups excluding carboxylic acids is 1. The number of rotatable bonds is 5. The third-order valence-electron chi connectivity index (χ3n) is 4.35. The molecule has 0 bridgehead atoms. The Hall–Kier alpha value is -3.93. The normalized spacial score (nSPS) is 11.8. The fourth-order valence-electron chi connectivity index (χ4n) is 2.89. The minimum atomic E-state index is -0.724. The second-order valence-corrected chi connectivity index (χ2v) is 6.46. The maximum atomic E-state index is 12.6. The van der Waals surface area contributed by atoms with Crippen LogP contribution in [0.3, 0.4) is 0 Å². The number of esters is 1. The van der Waals surface area contributed by atoms with Crippen molar-refractivity contribution >= 4 is 16.9 Å². The lowest BCUT2D eigenvalue weighted by Gasteiger charge is -2.13. The van der Waals surface area contributed by atoms with Crippen LogP contribution in [-0.4, -0.2) is 15.9 Å². The molecule has 0 amide bonds. The van der Waals surface area contributed by atoms with Gasteiger partial charge in [-0.1, -0.05) is 36.4 Å². The Kier molecular flexibility index (Phi) is 5.07. The van der Waals surface area contributed by atoms with E-state index >= 15 is 0 Å². The van der Waals surface area contributed by atoms with E-state index in [1.807, 2.05) is 30.3 Å². The highest BCUT2D eigenvalue weighted by Gasteiger charge is 2.17. The van der Waals surface area contributed by atoms with Crippen LogP contribution in [0.2, 0.25) is 0 Å². The third-order valence-corrected chi connectivity index (χ3v) is 4.35. The molecule has 0 aliphatic carbocycles. The van der Waals surface area contributed by atoms with Gasteiger partial charge < -0.3 is 14.5 Å². The van der Waals surface area contributed by atoms with Gasteiger partial charge in [-0.25, -0.2) is 9.78 Å². The highest BCUT2D eigenvalue weighted by Crippen LogP contribution is 2.23. The summed E-state index contributed by atoms with van der Waals surface area (Å²) in [4.78, 5) is 31.9. The molecule has 1 atom stereocenters. The van der Waals surface area contributed by atoms with Crippen LogP contribution in [-0.2, 0) is 4.74 Å². The van der Waals surface area contributed by atoms with Crippen molar-refractivity contribution in [3.8, 4) is 11.5 Å². The van der Waals surface area contributed by atoms with E-state index < -0.39 is 12.1 Å². The summed E-state index contributed by atoms with van der Waals surface area (Å²) >= 11 is 0. The number of benzene rings is 3. The van der Waals surface area contributed by atoms with E-state index in [0.717, 1.165) is 0 Å². The molecule has 6 heteroatoms. The first-order chi connectivity index (χ1) is 14.1. The molecule has 3 aromatic carbocycles. The Morgan fingerprint density at radius 3 is 2.48 bits per heavy atom. The largest absolute Gasteiger partial charge is 0.457 e. The van der Waals surface area contributed by atoms with Crippen LogP contribution < -0.4 is 10.3 Å². The van der Waals surface area contributed by atoms with Gasteiger partial charge in [0.1, 0.15) is 11.5 Å². The minimum absolute atomic E-state index is 0.272. The van der Waals surface area contributed by atoms with Crippen molar-refractivity contribution in [3.05, 3.63) is 101 Å².